The second-order valence-electron chi connectivity index (χ2n) is 6.20. The number of aromatic nitrogens is 2. The van der Waals surface area contributed by atoms with Gasteiger partial charge in [-0.25, -0.2) is 4.99 Å². The van der Waals surface area contributed by atoms with E-state index in [1.54, 1.807) is 19.2 Å². The summed E-state index contributed by atoms with van der Waals surface area (Å²) < 4.78 is 10.7. The van der Waals surface area contributed by atoms with Crippen LogP contribution in [0.1, 0.15) is 18.4 Å². The third kappa shape index (κ3) is 6.88. The van der Waals surface area contributed by atoms with E-state index in [9.17, 15) is 0 Å². The molecule has 0 aliphatic heterocycles. The highest BCUT2D eigenvalue weighted by Crippen LogP contribution is 2.19. The number of methoxy groups -OCH3 is 1. The Morgan fingerprint density at radius 3 is 2.63 bits per heavy atom. The Hall–Kier alpha value is -2.33. The van der Waals surface area contributed by atoms with Crippen LogP contribution >= 0.6 is 35.6 Å². The van der Waals surface area contributed by atoms with Crippen molar-refractivity contribution in [2.24, 2.45) is 4.99 Å². The number of para-hydroxylation sites is 1. The van der Waals surface area contributed by atoms with Crippen molar-refractivity contribution < 1.29 is 9.26 Å². The number of aliphatic imine (C=N–C) groups is 1. The van der Waals surface area contributed by atoms with Crippen LogP contribution in [0.25, 0.3) is 11.4 Å². The largest absolute Gasteiger partial charge is 0.496 e. The number of nitrogens with zero attached hydrogens (tertiary/aromatic N) is 3. The summed E-state index contributed by atoms with van der Waals surface area (Å²) in [5.41, 5.74) is 1.89. The first-order chi connectivity index (χ1) is 14.2. The highest BCUT2D eigenvalue weighted by molar-refractivity contribution is 14.0. The van der Waals surface area contributed by atoms with E-state index in [2.05, 4.69) is 25.8 Å². The summed E-state index contributed by atoms with van der Waals surface area (Å²) >= 11 is 5.91. The number of nitrogens with one attached hydrogen (secondary N) is 2. The molecule has 0 spiro atoms. The van der Waals surface area contributed by atoms with Gasteiger partial charge in [0.15, 0.2) is 5.96 Å². The molecule has 160 valence electrons. The maximum atomic E-state index is 5.91. The number of guanidine groups is 1. The second-order valence-corrected chi connectivity index (χ2v) is 6.64. The summed E-state index contributed by atoms with van der Waals surface area (Å²) in [4.78, 5) is 9.05. The number of hydrogen-bond donors (Lipinski definition) is 2. The molecule has 0 unspecified atom stereocenters. The summed E-state index contributed by atoms with van der Waals surface area (Å²) in [5.74, 6) is 2.65. The molecule has 7 nitrogen and oxygen atoms in total. The van der Waals surface area contributed by atoms with E-state index in [1.807, 2.05) is 43.3 Å². The van der Waals surface area contributed by atoms with Crippen LogP contribution in [-0.2, 0) is 13.0 Å². The van der Waals surface area contributed by atoms with Gasteiger partial charge >= 0.3 is 0 Å². The van der Waals surface area contributed by atoms with Gasteiger partial charge in [-0.2, -0.15) is 4.98 Å². The molecule has 1 heterocycles. The number of ether oxygens (including phenoxy) is 1. The van der Waals surface area contributed by atoms with Crippen molar-refractivity contribution in [3.63, 3.8) is 0 Å². The van der Waals surface area contributed by atoms with E-state index >= 15 is 0 Å². The number of rotatable bonds is 8. The van der Waals surface area contributed by atoms with E-state index in [0.29, 0.717) is 36.2 Å². The maximum Gasteiger partial charge on any atom is 0.228 e. The van der Waals surface area contributed by atoms with Crippen LogP contribution in [-0.4, -0.2) is 36.3 Å². The van der Waals surface area contributed by atoms with E-state index < -0.39 is 0 Å². The molecule has 1 aromatic heterocycles. The molecule has 0 amide bonds. The third-order valence-electron chi connectivity index (χ3n) is 4.15. The SMILES string of the molecule is CCNC(=NCc1ccccc1OC)NCCc1nc(-c2ccc(Cl)cc2)no1.I. The molecule has 30 heavy (non-hydrogen) atoms. The molecule has 0 radical (unpaired) electrons. The van der Waals surface area contributed by atoms with Crippen molar-refractivity contribution in [3.05, 3.63) is 65.0 Å². The third-order valence-corrected chi connectivity index (χ3v) is 4.40. The van der Waals surface area contributed by atoms with Crippen molar-refractivity contribution in [2.45, 2.75) is 19.9 Å². The fourth-order valence-corrected chi connectivity index (χ4v) is 2.83. The van der Waals surface area contributed by atoms with Gasteiger partial charge in [-0.15, -0.1) is 24.0 Å². The summed E-state index contributed by atoms with van der Waals surface area (Å²) in [6, 6.07) is 15.2. The van der Waals surface area contributed by atoms with Crippen molar-refractivity contribution in [1.29, 1.82) is 0 Å². The van der Waals surface area contributed by atoms with E-state index in [0.717, 1.165) is 29.4 Å². The first-order valence-corrected chi connectivity index (χ1v) is 9.80. The van der Waals surface area contributed by atoms with Crippen LogP contribution < -0.4 is 15.4 Å². The molecule has 0 bridgehead atoms. The van der Waals surface area contributed by atoms with Gasteiger partial charge in [0, 0.05) is 35.7 Å². The Morgan fingerprint density at radius 1 is 1.13 bits per heavy atom. The predicted octanol–water partition coefficient (Wildman–Crippen LogP) is 4.31. The first kappa shape index (κ1) is 23.9. The standard InChI is InChI=1S/C21H24ClN5O2.HI/c1-3-23-21(25-14-16-6-4-5-7-18(16)28-2)24-13-12-19-26-20(27-29-19)15-8-10-17(22)11-9-15;/h4-11H,3,12-14H2,1-2H3,(H2,23,24,25);1H. The molecular formula is C21H25ClIN5O2. The Bertz CT molecular complexity index is 947. The van der Waals surface area contributed by atoms with E-state index in [4.69, 9.17) is 20.9 Å². The smallest absolute Gasteiger partial charge is 0.228 e. The zero-order valence-electron chi connectivity index (χ0n) is 16.9. The van der Waals surface area contributed by atoms with Gasteiger partial charge in [-0.1, -0.05) is 35.0 Å². The van der Waals surface area contributed by atoms with Crippen molar-refractivity contribution in [3.8, 4) is 17.1 Å². The minimum absolute atomic E-state index is 0. The highest BCUT2D eigenvalue weighted by Gasteiger charge is 2.09. The topological polar surface area (TPSA) is 84.6 Å². The lowest BCUT2D eigenvalue weighted by molar-refractivity contribution is 0.378. The van der Waals surface area contributed by atoms with E-state index in [-0.39, 0.29) is 24.0 Å². The summed E-state index contributed by atoms with van der Waals surface area (Å²) in [6.07, 6.45) is 0.583. The zero-order valence-corrected chi connectivity index (χ0v) is 20.0. The Labute approximate surface area is 198 Å². The molecule has 0 saturated carbocycles. The first-order valence-electron chi connectivity index (χ1n) is 9.42. The van der Waals surface area contributed by atoms with Gasteiger partial charge in [0.2, 0.25) is 11.7 Å². The number of hydrogen-bond acceptors (Lipinski definition) is 5. The second kappa shape index (κ2) is 12.4. The number of benzene rings is 2. The van der Waals surface area contributed by atoms with Crippen LogP contribution in [0.3, 0.4) is 0 Å². The Balaban J connectivity index is 0.00000320. The van der Waals surface area contributed by atoms with Crippen LogP contribution in [0, 0.1) is 0 Å². The van der Waals surface area contributed by atoms with Crippen LogP contribution in [0.4, 0.5) is 0 Å². The Morgan fingerprint density at radius 2 is 1.90 bits per heavy atom. The van der Waals surface area contributed by atoms with Crippen LogP contribution in [0.15, 0.2) is 58.0 Å². The summed E-state index contributed by atoms with van der Waals surface area (Å²) in [6.45, 7) is 3.91. The normalized spacial score (nSPS) is 11.0. The summed E-state index contributed by atoms with van der Waals surface area (Å²) in [7, 11) is 1.66. The van der Waals surface area contributed by atoms with E-state index in [1.165, 1.54) is 0 Å². The molecule has 2 N–H and O–H groups in total. The quantitative estimate of drug-likeness (QED) is 0.251. The molecule has 3 rings (SSSR count). The lowest BCUT2D eigenvalue weighted by Crippen LogP contribution is -2.38. The molecule has 9 heteroatoms. The fourth-order valence-electron chi connectivity index (χ4n) is 2.70. The van der Waals surface area contributed by atoms with Crippen molar-refractivity contribution >= 4 is 41.5 Å². The Kier molecular flexibility index (Phi) is 9.88. The molecule has 0 aliphatic carbocycles. The van der Waals surface area contributed by atoms with Crippen molar-refractivity contribution in [2.75, 3.05) is 20.2 Å². The lowest BCUT2D eigenvalue weighted by atomic mass is 10.2. The lowest BCUT2D eigenvalue weighted by Gasteiger charge is -2.11. The molecule has 0 aliphatic rings. The van der Waals surface area contributed by atoms with Crippen molar-refractivity contribution in [1.82, 2.24) is 20.8 Å². The molecular weight excluding hydrogens is 517 g/mol. The molecule has 0 fully saturated rings. The van der Waals surface area contributed by atoms with Gasteiger partial charge in [0.25, 0.3) is 0 Å². The molecule has 0 atom stereocenters. The van der Waals surface area contributed by atoms with Crippen LogP contribution in [0.2, 0.25) is 5.02 Å². The van der Waals surface area contributed by atoms with Gasteiger partial charge in [0.1, 0.15) is 5.75 Å². The monoisotopic (exact) mass is 541 g/mol. The van der Waals surface area contributed by atoms with Gasteiger partial charge in [0.05, 0.1) is 13.7 Å². The molecule has 3 aromatic rings. The summed E-state index contributed by atoms with van der Waals surface area (Å²) in [5, 5.41) is 11.2. The minimum Gasteiger partial charge on any atom is -0.496 e. The van der Waals surface area contributed by atoms with Crippen LogP contribution in [0.5, 0.6) is 5.75 Å². The predicted molar refractivity (Wildman–Crippen MR) is 130 cm³/mol. The zero-order chi connectivity index (χ0) is 20.5. The average Bonchev–Trinajstić information content (AvgIpc) is 3.21. The van der Waals surface area contributed by atoms with Gasteiger partial charge < -0.3 is 19.9 Å². The maximum absolute atomic E-state index is 5.91. The minimum atomic E-state index is 0. The fraction of sp³-hybridized carbons (Fsp3) is 0.286. The van der Waals surface area contributed by atoms with Gasteiger partial charge in [-0.05, 0) is 37.3 Å². The highest BCUT2D eigenvalue weighted by atomic mass is 127. The average molecular weight is 542 g/mol. The molecule has 0 saturated heterocycles. The molecule has 2 aromatic carbocycles. The van der Waals surface area contributed by atoms with Gasteiger partial charge in [-0.3, -0.25) is 0 Å². The number of halogens is 2.